The normalized spacial score (nSPS) is 26.8. The predicted octanol–water partition coefficient (Wildman–Crippen LogP) is 2.07. The fraction of sp³-hybridized carbons (Fsp3) is 0.296. The van der Waals surface area contributed by atoms with Crippen LogP contribution in [0.5, 0.6) is 5.75 Å². The minimum absolute atomic E-state index is 0.00357. The Morgan fingerprint density at radius 3 is 2.29 bits per heavy atom. The summed E-state index contributed by atoms with van der Waals surface area (Å²) in [6, 6.07) is 4.33. The lowest BCUT2D eigenvalue weighted by Gasteiger charge is -2.50. The van der Waals surface area contributed by atoms with Gasteiger partial charge in [-0.3, -0.25) is 19.3 Å². The van der Waals surface area contributed by atoms with Crippen LogP contribution in [0.4, 0.5) is 8.78 Å². The lowest BCUT2D eigenvalue weighted by Crippen LogP contribution is -2.63. The van der Waals surface area contributed by atoms with Gasteiger partial charge in [-0.05, 0) is 67.7 Å². The first kappa shape index (κ1) is 25.6. The Labute approximate surface area is 215 Å². The summed E-state index contributed by atoms with van der Waals surface area (Å²) in [7, 11) is 3.06. The molecule has 0 aliphatic heterocycles. The summed E-state index contributed by atoms with van der Waals surface area (Å²) in [6.45, 7) is 0. The number of hydrogen-bond donors (Lipinski definition) is 5. The molecule has 1 amide bonds. The number of carbonyl (C=O) groups excluding carboxylic acids is 3. The van der Waals surface area contributed by atoms with Gasteiger partial charge in [0.05, 0.1) is 11.6 Å². The van der Waals surface area contributed by atoms with E-state index in [9.17, 15) is 43.6 Å². The molecule has 0 saturated carbocycles. The van der Waals surface area contributed by atoms with E-state index < -0.39 is 75.4 Å². The van der Waals surface area contributed by atoms with Crippen LogP contribution in [0.2, 0.25) is 0 Å². The monoisotopic (exact) mass is 526 g/mol. The van der Waals surface area contributed by atoms with Gasteiger partial charge in [0.25, 0.3) is 5.91 Å². The number of Topliss-reactive ketones (excluding diaryl/α,β-unsaturated/α-hetero) is 2. The van der Waals surface area contributed by atoms with Crippen molar-refractivity contribution in [2.45, 2.75) is 24.5 Å². The van der Waals surface area contributed by atoms with Gasteiger partial charge in [0.15, 0.2) is 11.4 Å². The second kappa shape index (κ2) is 8.47. The number of halogens is 2. The molecule has 2 aromatic carbocycles. The van der Waals surface area contributed by atoms with Crippen LogP contribution in [0.15, 0.2) is 53.0 Å². The Kier molecular flexibility index (Phi) is 5.69. The molecule has 0 saturated heterocycles. The summed E-state index contributed by atoms with van der Waals surface area (Å²) in [6.07, 6.45) is -0.102. The lowest BCUT2D eigenvalue weighted by atomic mass is 9.58. The van der Waals surface area contributed by atoms with E-state index >= 15 is 0 Å². The molecular weight excluding hydrogens is 502 g/mol. The maximum atomic E-state index is 14.0. The van der Waals surface area contributed by atoms with Crippen molar-refractivity contribution in [3.8, 4) is 16.9 Å². The SMILES string of the molecule is CN(C)[C@H]1C(O)=C(C(N)=O)C(=O)[C@]2(O)C(O)=C3C(=O)c4c(O)ccc(-c5cc(F)cc(F)c5)c4C[C@@H]3C[C@H]12. The molecule has 0 spiro atoms. The molecule has 38 heavy (non-hydrogen) atoms. The van der Waals surface area contributed by atoms with Gasteiger partial charge in [-0.15, -0.1) is 0 Å². The third-order valence-electron chi connectivity index (χ3n) is 7.78. The first-order valence-electron chi connectivity index (χ1n) is 11.7. The highest BCUT2D eigenvalue weighted by molar-refractivity contribution is 6.24. The van der Waals surface area contributed by atoms with Crippen molar-refractivity contribution in [3.63, 3.8) is 0 Å². The zero-order chi connectivity index (χ0) is 27.8. The van der Waals surface area contributed by atoms with Gasteiger partial charge in [-0.2, -0.15) is 0 Å². The Morgan fingerprint density at radius 2 is 1.71 bits per heavy atom. The van der Waals surface area contributed by atoms with Gasteiger partial charge in [0.2, 0.25) is 5.78 Å². The first-order valence-corrected chi connectivity index (χ1v) is 11.7. The van der Waals surface area contributed by atoms with E-state index in [-0.39, 0.29) is 40.7 Å². The molecule has 2 aromatic rings. The van der Waals surface area contributed by atoms with E-state index in [1.54, 1.807) is 0 Å². The van der Waals surface area contributed by atoms with Crippen molar-refractivity contribution in [3.05, 3.63) is 75.8 Å². The number of rotatable bonds is 3. The smallest absolute Gasteiger partial charge is 0.255 e. The first-order chi connectivity index (χ1) is 17.8. The fourth-order valence-corrected chi connectivity index (χ4v) is 6.23. The Morgan fingerprint density at radius 1 is 1.08 bits per heavy atom. The Balaban J connectivity index is 1.73. The molecule has 3 aliphatic rings. The van der Waals surface area contributed by atoms with Crippen LogP contribution in [0, 0.1) is 23.5 Å². The average Bonchev–Trinajstić information content (AvgIpc) is 2.80. The number of phenols is 1. The molecule has 3 aliphatic carbocycles. The third-order valence-corrected chi connectivity index (χ3v) is 7.78. The number of aliphatic hydroxyl groups is 3. The quantitative estimate of drug-likeness (QED) is 0.380. The van der Waals surface area contributed by atoms with Crippen molar-refractivity contribution >= 4 is 17.5 Å². The van der Waals surface area contributed by atoms with Crippen molar-refractivity contribution in [2.75, 3.05) is 14.1 Å². The summed E-state index contributed by atoms with van der Waals surface area (Å²) in [5.74, 6) is -9.31. The number of allylic oxidation sites excluding steroid dienone is 1. The summed E-state index contributed by atoms with van der Waals surface area (Å²) >= 11 is 0. The molecule has 0 aromatic heterocycles. The van der Waals surface area contributed by atoms with Crippen LogP contribution < -0.4 is 5.73 Å². The Hall–Kier alpha value is -4.09. The number of amides is 1. The van der Waals surface area contributed by atoms with E-state index in [1.807, 2.05) is 0 Å². The number of benzene rings is 2. The second-order valence-corrected chi connectivity index (χ2v) is 10.1. The number of aliphatic hydroxyl groups excluding tert-OH is 2. The van der Waals surface area contributed by atoms with Crippen LogP contribution in [-0.4, -0.2) is 68.5 Å². The minimum Gasteiger partial charge on any atom is -0.510 e. The molecule has 0 bridgehead atoms. The maximum Gasteiger partial charge on any atom is 0.255 e. The van der Waals surface area contributed by atoms with E-state index in [0.717, 1.165) is 12.1 Å². The summed E-state index contributed by atoms with van der Waals surface area (Å²) in [5.41, 5.74) is 1.80. The molecule has 0 fully saturated rings. The van der Waals surface area contributed by atoms with E-state index in [0.29, 0.717) is 6.07 Å². The molecule has 5 rings (SSSR count). The van der Waals surface area contributed by atoms with Crippen molar-refractivity contribution < 1.29 is 43.6 Å². The van der Waals surface area contributed by atoms with Gasteiger partial charge < -0.3 is 26.2 Å². The topological polar surface area (TPSA) is 161 Å². The number of phenolic OH excluding ortho intramolecular Hbond substituents is 1. The molecule has 0 unspecified atom stereocenters. The van der Waals surface area contributed by atoms with Crippen LogP contribution >= 0.6 is 0 Å². The lowest BCUT2D eigenvalue weighted by molar-refractivity contribution is -0.148. The largest absolute Gasteiger partial charge is 0.510 e. The number of carbonyl (C=O) groups is 3. The van der Waals surface area contributed by atoms with Crippen molar-refractivity contribution in [1.82, 2.24) is 4.90 Å². The molecule has 0 heterocycles. The van der Waals surface area contributed by atoms with Crippen LogP contribution in [0.3, 0.4) is 0 Å². The molecule has 11 heteroatoms. The van der Waals surface area contributed by atoms with Crippen LogP contribution in [0.25, 0.3) is 11.1 Å². The van der Waals surface area contributed by atoms with Crippen LogP contribution in [0.1, 0.15) is 22.3 Å². The molecule has 9 nitrogen and oxygen atoms in total. The summed E-state index contributed by atoms with van der Waals surface area (Å²) < 4.78 is 28.0. The second-order valence-electron chi connectivity index (χ2n) is 10.1. The standard InChI is InChI=1S/C27H24F2N2O7/c1-31(2)21-16-8-11-7-15-14(10-5-12(28)9-13(29)6-10)3-4-17(32)19(15)22(33)18(11)24(35)27(16,38)25(36)20(23(21)34)26(30)37/h3-6,9,11,16,21,32,34-35,38H,7-8H2,1-2H3,(H2,30,37)/t11-,16-,21-,27-/m1/s1. The minimum atomic E-state index is -2.75. The number of ketones is 2. The number of hydrogen-bond acceptors (Lipinski definition) is 8. The number of aromatic hydroxyl groups is 1. The number of nitrogens with zero attached hydrogens (tertiary/aromatic N) is 1. The van der Waals surface area contributed by atoms with Crippen LogP contribution in [-0.2, 0) is 16.0 Å². The van der Waals surface area contributed by atoms with Crippen molar-refractivity contribution in [2.24, 2.45) is 17.6 Å². The van der Waals surface area contributed by atoms with E-state index in [1.165, 1.54) is 31.1 Å². The predicted molar refractivity (Wildman–Crippen MR) is 129 cm³/mol. The average molecular weight is 526 g/mol. The van der Waals surface area contributed by atoms with E-state index in [4.69, 9.17) is 5.73 Å². The number of nitrogens with two attached hydrogens (primary N) is 1. The molecule has 6 N–H and O–H groups in total. The highest BCUT2D eigenvalue weighted by Crippen LogP contribution is 2.53. The zero-order valence-corrected chi connectivity index (χ0v) is 20.3. The molecule has 0 radical (unpaired) electrons. The van der Waals surface area contributed by atoms with Gasteiger partial charge in [-0.25, -0.2) is 8.78 Å². The van der Waals surface area contributed by atoms with Gasteiger partial charge in [0.1, 0.15) is 34.5 Å². The molecule has 198 valence electrons. The molecular formula is C27H24F2N2O7. The number of likely N-dealkylation sites (N-methyl/N-ethyl adjacent to an activating group) is 1. The van der Waals surface area contributed by atoms with Gasteiger partial charge in [0, 0.05) is 17.6 Å². The third kappa shape index (κ3) is 3.38. The molecule has 4 atom stereocenters. The zero-order valence-electron chi connectivity index (χ0n) is 20.3. The highest BCUT2D eigenvalue weighted by Gasteiger charge is 2.63. The van der Waals surface area contributed by atoms with E-state index in [2.05, 4.69) is 0 Å². The van der Waals surface area contributed by atoms with Gasteiger partial charge in [-0.1, -0.05) is 6.07 Å². The van der Waals surface area contributed by atoms with Crippen molar-refractivity contribution in [1.29, 1.82) is 0 Å². The number of fused-ring (bicyclic) bond motifs is 3. The Bertz CT molecular complexity index is 1490. The highest BCUT2D eigenvalue weighted by atomic mass is 19.1. The van der Waals surface area contributed by atoms with Gasteiger partial charge >= 0.3 is 0 Å². The summed E-state index contributed by atoms with van der Waals surface area (Å²) in [4.78, 5) is 40.5. The summed E-state index contributed by atoms with van der Waals surface area (Å²) in [5, 5.41) is 44.3. The fourth-order valence-electron chi connectivity index (χ4n) is 6.23. The number of primary amides is 1. The maximum absolute atomic E-state index is 14.0.